The Balaban J connectivity index is 1.38. The quantitative estimate of drug-likeness (QED) is 0.426. The molecule has 1 saturated carbocycles. The first-order valence-corrected chi connectivity index (χ1v) is 11.3. The number of rotatable bonds is 5. The van der Waals surface area contributed by atoms with Crippen LogP contribution in [0.1, 0.15) is 38.2 Å². The second kappa shape index (κ2) is 9.59. The summed E-state index contributed by atoms with van der Waals surface area (Å²) in [5.41, 5.74) is -0.172. The number of nitrogens with one attached hydrogen (secondary N) is 1. The number of carbonyl (C=O) groups excluding carboxylic acids is 1. The highest BCUT2D eigenvalue weighted by atomic mass is 35.5. The SMILES string of the molecule is CC(C(=O)Nc1ccc(Cl)cc1)C1CCC(Oc2ccnc3c(C(F)(F)F)cccc23)CC1. The number of hydrogen-bond donors (Lipinski definition) is 1. The Kier molecular flexibility index (Phi) is 6.79. The zero-order chi connectivity index (χ0) is 23.6. The molecule has 0 aliphatic heterocycles. The van der Waals surface area contributed by atoms with Crippen molar-refractivity contribution in [2.24, 2.45) is 11.8 Å². The summed E-state index contributed by atoms with van der Waals surface area (Å²) in [6.45, 7) is 1.92. The van der Waals surface area contributed by atoms with Crippen molar-refractivity contribution >= 4 is 34.1 Å². The predicted octanol–water partition coefficient (Wildman–Crippen LogP) is 7.12. The molecule has 3 aromatic rings. The molecule has 0 spiro atoms. The van der Waals surface area contributed by atoms with E-state index in [0.29, 0.717) is 21.8 Å². The summed E-state index contributed by atoms with van der Waals surface area (Å²) < 4.78 is 46.1. The summed E-state index contributed by atoms with van der Waals surface area (Å²) in [5, 5.41) is 3.89. The summed E-state index contributed by atoms with van der Waals surface area (Å²) >= 11 is 5.89. The highest BCUT2D eigenvalue weighted by Gasteiger charge is 2.34. The van der Waals surface area contributed by atoms with E-state index in [1.165, 1.54) is 12.3 Å². The molecule has 4 nitrogen and oxygen atoms in total. The number of benzene rings is 2. The predicted molar refractivity (Wildman–Crippen MR) is 122 cm³/mol. The van der Waals surface area contributed by atoms with E-state index in [0.717, 1.165) is 31.7 Å². The number of para-hydroxylation sites is 1. The molecular formula is C25H24ClF3N2O2. The van der Waals surface area contributed by atoms with E-state index < -0.39 is 11.7 Å². The van der Waals surface area contributed by atoms with Crippen molar-refractivity contribution in [3.05, 3.63) is 65.3 Å². The summed E-state index contributed by atoms with van der Waals surface area (Å²) in [7, 11) is 0. The van der Waals surface area contributed by atoms with Gasteiger partial charge in [0.05, 0.1) is 17.2 Å². The van der Waals surface area contributed by atoms with Crippen molar-refractivity contribution < 1.29 is 22.7 Å². The van der Waals surface area contributed by atoms with Gasteiger partial charge in [0, 0.05) is 28.2 Å². The summed E-state index contributed by atoms with van der Waals surface area (Å²) in [5.74, 6) is 0.408. The first-order chi connectivity index (χ1) is 15.7. The molecule has 1 fully saturated rings. The van der Waals surface area contributed by atoms with Gasteiger partial charge in [0.15, 0.2) is 0 Å². The molecule has 33 heavy (non-hydrogen) atoms. The minimum atomic E-state index is -4.48. The zero-order valence-corrected chi connectivity index (χ0v) is 18.8. The number of aromatic nitrogens is 1. The fraction of sp³-hybridized carbons (Fsp3) is 0.360. The second-order valence-electron chi connectivity index (χ2n) is 8.45. The number of ether oxygens (including phenoxy) is 1. The van der Waals surface area contributed by atoms with Gasteiger partial charge in [-0.3, -0.25) is 9.78 Å². The van der Waals surface area contributed by atoms with E-state index in [9.17, 15) is 18.0 Å². The van der Waals surface area contributed by atoms with Gasteiger partial charge < -0.3 is 10.1 Å². The molecule has 8 heteroatoms. The van der Waals surface area contributed by atoms with Crippen LogP contribution in [0.25, 0.3) is 10.9 Å². The third-order valence-corrected chi connectivity index (χ3v) is 6.53. The number of anilines is 1. The smallest absolute Gasteiger partial charge is 0.418 e. The van der Waals surface area contributed by atoms with Crippen molar-refractivity contribution in [3.8, 4) is 5.75 Å². The lowest BCUT2D eigenvalue weighted by molar-refractivity contribution is -0.136. The fourth-order valence-corrected chi connectivity index (χ4v) is 4.50. The van der Waals surface area contributed by atoms with Crippen molar-refractivity contribution in [2.45, 2.75) is 44.9 Å². The topological polar surface area (TPSA) is 51.2 Å². The van der Waals surface area contributed by atoms with Crippen molar-refractivity contribution in [3.63, 3.8) is 0 Å². The van der Waals surface area contributed by atoms with Gasteiger partial charge in [-0.05, 0) is 74.1 Å². The van der Waals surface area contributed by atoms with Gasteiger partial charge in [0.25, 0.3) is 0 Å². The highest BCUT2D eigenvalue weighted by molar-refractivity contribution is 6.30. The third kappa shape index (κ3) is 5.41. The molecule has 1 aromatic heterocycles. The van der Waals surface area contributed by atoms with Gasteiger partial charge >= 0.3 is 6.18 Å². The average Bonchev–Trinajstić information content (AvgIpc) is 2.80. The Bertz CT molecular complexity index is 1130. The number of halogens is 4. The molecule has 1 amide bonds. The lowest BCUT2D eigenvalue weighted by atomic mass is 9.79. The van der Waals surface area contributed by atoms with Crippen LogP contribution in [0.3, 0.4) is 0 Å². The maximum absolute atomic E-state index is 13.3. The Hall–Kier alpha value is -2.80. The lowest BCUT2D eigenvalue weighted by Gasteiger charge is -2.32. The maximum Gasteiger partial charge on any atom is 0.418 e. The standard InChI is InChI=1S/C25H24ClF3N2O2/c1-15(24(32)31-18-9-7-17(26)8-10-18)16-5-11-19(12-6-16)33-22-13-14-30-23-20(22)3-2-4-21(23)25(27,28)29/h2-4,7-10,13-16,19H,5-6,11-12H2,1H3,(H,31,32). The largest absolute Gasteiger partial charge is 0.490 e. The van der Waals surface area contributed by atoms with Crippen LogP contribution in [-0.4, -0.2) is 17.0 Å². The van der Waals surface area contributed by atoms with E-state index in [1.807, 2.05) is 6.92 Å². The van der Waals surface area contributed by atoms with E-state index >= 15 is 0 Å². The normalized spacial score (nSPS) is 19.8. The van der Waals surface area contributed by atoms with Gasteiger partial charge in [-0.2, -0.15) is 13.2 Å². The van der Waals surface area contributed by atoms with E-state index in [-0.39, 0.29) is 29.4 Å². The molecule has 1 aliphatic rings. The first kappa shape index (κ1) is 23.4. The van der Waals surface area contributed by atoms with Crippen LogP contribution in [0.4, 0.5) is 18.9 Å². The monoisotopic (exact) mass is 476 g/mol. The third-order valence-electron chi connectivity index (χ3n) is 6.28. The number of nitrogens with zero attached hydrogens (tertiary/aromatic N) is 1. The first-order valence-electron chi connectivity index (χ1n) is 10.9. The number of pyridine rings is 1. The van der Waals surface area contributed by atoms with Crippen LogP contribution in [0.15, 0.2) is 54.7 Å². The summed E-state index contributed by atoms with van der Waals surface area (Å²) in [6, 6.07) is 12.6. The molecule has 1 N–H and O–H groups in total. The molecule has 1 unspecified atom stereocenters. The van der Waals surface area contributed by atoms with Crippen LogP contribution in [0.2, 0.25) is 5.02 Å². The van der Waals surface area contributed by atoms with Crippen molar-refractivity contribution in [2.75, 3.05) is 5.32 Å². The average molecular weight is 477 g/mol. The molecule has 0 bridgehead atoms. The van der Waals surface area contributed by atoms with Crippen molar-refractivity contribution in [1.29, 1.82) is 0 Å². The molecule has 2 aromatic carbocycles. The Morgan fingerprint density at radius 1 is 1.09 bits per heavy atom. The number of fused-ring (bicyclic) bond motifs is 1. The van der Waals surface area contributed by atoms with E-state index in [1.54, 1.807) is 36.4 Å². The Morgan fingerprint density at radius 3 is 2.45 bits per heavy atom. The molecule has 1 aliphatic carbocycles. The minimum Gasteiger partial charge on any atom is -0.490 e. The molecule has 174 valence electrons. The second-order valence-corrected chi connectivity index (χ2v) is 8.88. The van der Waals surface area contributed by atoms with Crippen LogP contribution in [0, 0.1) is 11.8 Å². The van der Waals surface area contributed by atoms with Crippen LogP contribution in [0.5, 0.6) is 5.75 Å². The van der Waals surface area contributed by atoms with Gasteiger partial charge in [-0.25, -0.2) is 0 Å². The maximum atomic E-state index is 13.3. The van der Waals surface area contributed by atoms with Crippen LogP contribution < -0.4 is 10.1 Å². The molecule has 1 atom stereocenters. The van der Waals surface area contributed by atoms with Gasteiger partial charge in [0.2, 0.25) is 5.91 Å². The molecule has 0 saturated heterocycles. The van der Waals surface area contributed by atoms with Crippen LogP contribution >= 0.6 is 11.6 Å². The minimum absolute atomic E-state index is 0.0403. The molecule has 0 radical (unpaired) electrons. The van der Waals surface area contributed by atoms with Gasteiger partial charge in [-0.1, -0.05) is 24.6 Å². The Morgan fingerprint density at radius 2 is 1.79 bits per heavy atom. The van der Waals surface area contributed by atoms with E-state index in [4.69, 9.17) is 16.3 Å². The number of hydrogen-bond acceptors (Lipinski definition) is 3. The number of alkyl halides is 3. The fourth-order valence-electron chi connectivity index (χ4n) is 4.37. The highest BCUT2D eigenvalue weighted by Crippen LogP contribution is 2.38. The van der Waals surface area contributed by atoms with Gasteiger partial charge in [0.1, 0.15) is 5.75 Å². The Labute approximate surface area is 195 Å². The van der Waals surface area contributed by atoms with Crippen LogP contribution in [-0.2, 0) is 11.0 Å². The zero-order valence-electron chi connectivity index (χ0n) is 18.0. The number of amides is 1. The molecule has 4 rings (SSSR count). The van der Waals surface area contributed by atoms with Crippen molar-refractivity contribution in [1.82, 2.24) is 4.98 Å². The lowest BCUT2D eigenvalue weighted by Crippen LogP contribution is -2.32. The molecular weight excluding hydrogens is 453 g/mol. The summed E-state index contributed by atoms with van der Waals surface area (Å²) in [4.78, 5) is 16.6. The van der Waals surface area contributed by atoms with Gasteiger partial charge in [-0.15, -0.1) is 0 Å². The summed E-state index contributed by atoms with van der Waals surface area (Å²) in [6.07, 6.45) is -0.188. The molecule has 1 heterocycles. The van der Waals surface area contributed by atoms with E-state index in [2.05, 4.69) is 10.3 Å². The number of carbonyl (C=O) groups is 1.